The third-order valence-corrected chi connectivity index (χ3v) is 3.02. The van der Waals surface area contributed by atoms with Crippen molar-refractivity contribution in [1.29, 1.82) is 0 Å². The van der Waals surface area contributed by atoms with E-state index in [4.69, 9.17) is 9.47 Å². The first-order valence-electron chi connectivity index (χ1n) is 8.45. The zero-order valence-electron chi connectivity index (χ0n) is 14.2. The fraction of sp³-hybridized carbons (Fsp3) is 0.938. The Kier molecular flexibility index (Phi) is 16.6. The maximum Gasteiger partial charge on any atom is 0.190 e. The van der Waals surface area contributed by atoms with E-state index in [2.05, 4.69) is 29.5 Å². The summed E-state index contributed by atoms with van der Waals surface area (Å²) in [5.41, 5.74) is 0. The number of nitrogens with one attached hydrogen (secondary N) is 2. The van der Waals surface area contributed by atoms with Gasteiger partial charge in [0.1, 0.15) is 0 Å². The van der Waals surface area contributed by atoms with Crippen LogP contribution in [0.15, 0.2) is 4.99 Å². The van der Waals surface area contributed by atoms with Crippen molar-refractivity contribution in [2.45, 2.75) is 52.4 Å². The lowest BCUT2D eigenvalue weighted by atomic mass is 10.3. The Bertz CT molecular complexity index is 216. The molecule has 0 rings (SSSR count). The molecule has 0 amide bonds. The highest BCUT2D eigenvalue weighted by Gasteiger charge is 1.97. The first-order chi connectivity index (χ1) is 10.3. The molecule has 0 aromatic rings. The van der Waals surface area contributed by atoms with Gasteiger partial charge in [0.2, 0.25) is 0 Å². The molecule has 0 aromatic carbocycles. The second kappa shape index (κ2) is 17.2. The molecule has 0 unspecified atom stereocenters. The highest BCUT2D eigenvalue weighted by atomic mass is 16.5. The van der Waals surface area contributed by atoms with Crippen molar-refractivity contribution in [2.24, 2.45) is 4.99 Å². The molecule has 0 radical (unpaired) electrons. The second-order valence-corrected chi connectivity index (χ2v) is 5.06. The summed E-state index contributed by atoms with van der Waals surface area (Å²) < 4.78 is 11.0. The predicted octanol–water partition coefficient (Wildman–Crippen LogP) is 2.57. The molecule has 0 aliphatic carbocycles. The van der Waals surface area contributed by atoms with Crippen LogP contribution in [0.5, 0.6) is 0 Å². The third-order valence-electron chi connectivity index (χ3n) is 3.02. The molecule has 0 spiro atoms. The molecule has 0 aliphatic heterocycles. The molecular formula is C16H35N3O2. The Morgan fingerprint density at radius 2 is 1.19 bits per heavy atom. The Balaban J connectivity index is 3.34. The fourth-order valence-electron chi connectivity index (χ4n) is 1.68. The minimum absolute atomic E-state index is 0.815. The van der Waals surface area contributed by atoms with Crippen LogP contribution in [0, 0.1) is 0 Å². The first-order valence-corrected chi connectivity index (χ1v) is 8.45. The molecule has 0 heterocycles. The summed E-state index contributed by atoms with van der Waals surface area (Å²) in [7, 11) is 1.80. The van der Waals surface area contributed by atoms with Crippen molar-refractivity contribution in [3.05, 3.63) is 0 Å². The third kappa shape index (κ3) is 15.4. The molecular weight excluding hydrogens is 266 g/mol. The van der Waals surface area contributed by atoms with Gasteiger partial charge in [0.05, 0.1) is 0 Å². The SMILES string of the molecule is CCCCOCCCNC(=NC)NCCCOCCCC. The van der Waals surface area contributed by atoms with Crippen LogP contribution in [0.25, 0.3) is 0 Å². The fourth-order valence-corrected chi connectivity index (χ4v) is 1.68. The van der Waals surface area contributed by atoms with Crippen molar-refractivity contribution < 1.29 is 9.47 Å². The minimum Gasteiger partial charge on any atom is -0.381 e. The van der Waals surface area contributed by atoms with Gasteiger partial charge in [-0.3, -0.25) is 4.99 Å². The van der Waals surface area contributed by atoms with Gasteiger partial charge in [-0.1, -0.05) is 26.7 Å². The molecule has 0 atom stereocenters. The Morgan fingerprint density at radius 3 is 1.57 bits per heavy atom. The summed E-state index contributed by atoms with van der Waals surface area (Å²) >= 11 is 0. The van der Waals surface area contributed by atoms with Crippen LogP contribution in [0.1, 0.15) is 52.4 Å². The summed E-state index contributed by atoms with van der Waals surface area (Å²) in [5, 5.41) is 6.58. The van der Waals surface area contributed by atoms with E-state index in [1.54, 1.807) is 7.05 Å². The average Bonchev–Trinajstić information content (AvgIpc) is 2.51. The second-order valence-electron chi connectivity index (χ2n) is 5.06. The van der Waals surface area contributed by atoms with Crippen LogP contribution in [0.4, 0.5) is 0 Å². The summed E-state index contributed by atoms with van der Waals surface area (Å²) in [6, 6.07) is 0. The summed E-state index contributed by atoms with van der Waals surface area (Å²) in [5.74, 6) is 0.858. The summed E-state index contributed by atoms with van der Waals surface area (Å²) in [6.45, 7) is 9.51. The zero-order chi connectivity index (χ0) is 15.6. The zero-order valence-corrected chi connectivity index (χ0v) is 14.2. The van der Waals surface area contributed by atoms with Gasteiger partial charge in [-0.05, 0) is 25.7 Å². The number of rotatable bonds is 14. The van der Waals surface area contributed by atoms with Crippen molar-refractivity contribution >= 4 is 5.96 Å². The van der Waals surface area contributed by atoms with Crippen LogP contribution < -0.4 is 10.6 Å². The maximum atomic E-state index is 5.52. The maximum absolute atomic E-state index is 5.52. The summed E-state index contributed by atoms with van der Waals surface area (Å²) in [6.07, 6.45) is 6.69. The molecule has 0 saturated carbocycles. The monoisotopic (exact) mass is 301 g/mol. The van der Waals surface area contributed by atoms with Gasteiger partial charge >= 0.3 is 0 Å². The molecule has 0 saturated heterocycles. The van der Waals surface area contributed by atoms with Crippen molar-refractivity contribution in [2.75, 3.05) is 46.6 Å². The van der Waals surface area contributed by atoms with Gasteiger partial charge in [0.15, 0.2) is 5.96 Å². The number of hydrogen-bond acceptors (Lipinski definition) is 3. The van der Waals surface area contributed by atoms with Crippen LogP contribution >= 0.6 is 0 Å². The number of ether oxygens (including phenoxy) is 2. The van der Waals surface area contributed by atoms with E-state index in [0.717, 1.165) is 71.2 Å². The van der Waals surface area contributed by atoms with E-state index in [9.17, 15) is 0 Å². The highest BCUT2D eigenvalue weighted by Crippen LogP contribution is 1.90. The Labute approximate surface area is 130 Å². The van der Waals surface area contributed by atoms with Crippen LogP contribution in [-0.4, -0.2) is 52.5 Å². The van der Waals surface area contributed by atoms with Gasteiger partial charge in [0.25, 0.3) is 0 Å². The van der Waals surface area contributed by atoms with E-state index >= 15 is 0 Å². The van der Waals surface area contributed by atoms with E-state index in [1.165, 1.54) is 12.8 Å². The van der Waals surface area contributed by atoms with E-state index in [-0.39, 0.29) is 0 Å². The van der Waals surface area contributed by atoms with E-state index < -0.39 is 0 Å². The molecule has 5 heteroatoms. The Morgan fingerprint density at radius 1 is 0.762 bits per heavy atom. The molecule has 5 nitrogen and oxygen atoms in total. The largest absolute Gasteiger partial charge is 0.381 e. The van der Waals surface area contributed by atoms with Gasteiger partial charge < -0.3 is 20.1 Å². The smallest absolute Gasteiger partial charge is 0.190 e. The number of unbranched alkanes of at least 4 members (excludes halogenated alkanes) is 2. The van der Waals surface area contributed by atoms with Crippen molar-refractivity contribution in [3.8, 4) is 0 Å². The Hall–Kier alpha value is -0.810. The molecule has 0 aromatic heterocycles. The standard InChI is InChI=1S/C16H35N3O2/c1-4-6-12-20-14-8-10-18-16(17-3)19-11-9-15-21-13-7-5-2/h4-15H2,1-3H3,(H2,17,18,19). The van der Waals surface area contributed by atoms with Crippen LogP contribution in [0.3, 0.4) is 0 Å². The van der Waals surface area contributed by atoms with Crippen molar-refractivity contribution in [1.82, 2.24) is 10.6 Å². The number of nitrogens with zero attached hydrogens (tertiary/aromatic N) is 1. The van der Waals surface area contributed by atoms with Gasteiger partial charge in [-0.15, -0.1) is 0 Å². The van der Waals surface area contributed by atoms with Gasteiger partial charge in [-0.25, -0.2) is 0 Å². The van der Waals surface area contributed by atoms with E-state index in [0.29, 0.717) is 0 Å². The number of guanidine groups is 1. The van der Waals surface area contributed by atoms with Crippen molar-refractivity contribution in [3.63, 3.8) is 0 Å². The predicted molar refractivity (Wildman–Crippen MR) is 90.1 cm³/mol. The molecule has 2 N–H and O–H groups in total. The number of hydrogen-bond donors (Lipinski definition) is 2. The van der Waals surface area contributed by atoms with Gasteiger partial charge in [-0.2, -0.15) is 0 Å². The molecule has 0 aliphatic rings. The quantitative estimate of drug-likeness (QED) is 0.294. The molecule has 126 valence electrons. The van der Waals surface area contributed by atoms with Crippen LogP contribution in [0.2, 0.25) is 0 Å². The molecule has 0 fully saturated rings. The highest BCUT2D eigenvalue weighted by molar-refractivity contribution is 5.79. The van der Waals surface area contributed by atoms with Crippen LogP contribution in [-0.2, 0) is 9.47 Å². The van der Waals surface area contributed by atoms with E-state index in [1.807, 2.05) is 0 Å². The molecule has 21 heavy (non-hydrogen) atoms. The summed E-state index contributed by atoms with van der Waals surface area (Å²) in [4.78, 5) is 4.20. The lowest BCUT2D eigenvalue weighted by Crippen LogP contribution is -2.38. The topological polar surface area (TPSA) is 54.9 Å². The minimum atomic E-state index is 0.815. The lowest BCUT2D eigenvalue weighted by Gasteiger charge is -2.12. The first kappa shape index (κ1) is 20.2. The lowest BCUT2D eigenvalue weighted by molar-refractivity contribution is 0.129. The average molecular weight is 301 g/mol. The van der Waals surface area contributed by atoms with Gasteiger partial charge in [0, 0.05) is 46.6 Å². The number of aliphatic imine (C=N–C) groups is 1. The normalized spacial score (nSPS) is 10.4. The molecule has 0 bridgehead atoms.